The summed E-state index contributed by atoms with van der Waals surface area (Å²) in [5.41, 5.74) is 5.18. The maximum Gasteiger partial charge on any atom is 0.216 e. The lowest BCUT2D eigenvalue weighted by Gasteiger charge is -2.09. The molecule has 206 valence electrons. The highest BCUT2D eigenvalue weighted by Crippen LogP contribution is 2.26. The van der Waals surface area contributed by atoms with E-state index in [2.05, 4.69) is 83.9 Å². The Morgan fingerprint density at radius 1 is 0.526 bits per heavy atom. The molecule has 0 bridgehead atoms. The molecule has 0 saturated carbocycles. The summed E-state index contributed by atoms with van der Waals surface area (Å²) in [6.07, 6.45) is 12.6. The maximum atomic E-state index is 5.66. The van der Waals surface area contributed by atoms with E-state index in [-0.39, 0.29) is 48.0 Å². The van der Waals surface area contributed by atoms with Crippen molar-refractivity contribution >= 4 is 21.8 Å². The molecule has 2 aromatic carbocycles. The molecule has 38 heavy (non-hydrogen) atoms. The lowest BCUT2D eigenvalue weighted by atomic mass is 10.0. The van der Waals surface area contributed by atoms with E-state index in [9.17, 15) is 0 Å². The van der Waals surface area contributed by atoms with Crippen molar-refractivity contribution < 1.29 is 66.6 Å². The summed E-state index contributed by atoms with van der Waals surface area (Å²) >= 11 is 0. The summed E-state index contributed by atoms with van der Waals surface area (Å²) in [5.74, 6) is 1.96. The fraction of sp³-hybridized carbons (Fsp3) is 0.438. The van der Waals surface area contributed by atoms with Crippen LogP contribution >= 0.6 is 0 Å². The molecule has 4 nitrogen and oxygen atoms in total. The van der Waals surface area contributed by atoms with Crippen molar-refractivity contribution in [3.8, 4) is 11.5 Å². The van der Waals surface area contributed by atoms with Gasteiger partial charge in [0.25, 0.3) is 0 Å². The number of halogens is 2. The molecule has 0 spiro atoms. The number of hydrogen-bond acceptors (Lipinski definition) is 2. The Labute approximate surface area is 262 Å². The highest BCUT2D eigenvalue weighted by molar-refractivity contribution is 5.83. The molecule has 0 atom stereocenters. The van der Waals surface area contributed by atoms with Gasteiger partial charge in [0.1, 0.15) is 25.6 Å². The lowest BCUT2D eigenvalue weighted by molar-refractivity contribution is -0.653. The molecule has 0 unspecified atom stereocenters. The van der Waals surface area contributed by atoms with Gasteiger partial charge in [-0.3, -0.25) is 0 Å². The second kappa shape index (κ2) is 16.4. The second-order valence-electron chi connectivity index (χ2n) is 9.89. The van der Waals surface area contributed by atoms with Gasteiger partial charge < -0.3 is 57.4 Å². The molecule has 0 aliphatic carbocycles. The summed E-state index contributed by atoms with van der Waals surface area (Å²) < 4.78 is 16.0. The summed E-state index contributed by atoms with van der Waals surface area (Å²) in [5, 5.41) is 2.36. The molecule has 4 rings (SSSR count). The summed E-state index contributed by atoms with van der Waals surface area (Å²) in [4.78, 5) is 0. The van der Waals surface area contributed by atoms with Gasteiger partial charge in [0.15, 0.2) is 11.4 Å². The van der Waals surface area contributed by atoms with Gasteiger partial charge in [-0.2, -0.15) is 9.13 Å². The Morgan fingerprint density at radius 3 is 1.24 bits per heavy atom. The zero-order chi connectivity index (χ0) is 25.3. The van der Waals surface area contributed by atoms with Gasteiger partial charge >= 0.3 is 0 Å². The van der Waals surface area contributed by atoms with Crippen LogP contribution in [0.5, 0.6) is 11.5 Å². The third kappa shape index (κ3) is 7.93. The Bertz CT molecular complexity index is 1210. The van der Waals surface area contributed by atoms with Gasteiger partial charge in [-0.05, 0) is 25.0 Å². The van der Waals surface area contributed by atoms with Crippen LogP contribution in [0, 0.1) is 0 Å². The maximum absolute atomic E-state index is 5.66. The zero-order valence-corrected chi connectivity index (χ0v) is 27.6. The number of benzene rings is 2. The number of aryl methyl sites for hydroxylation is 4. The van der Waals surface area contributed by atoms with Crippen molar-refractivity contribution in [3.05, 3.63) is 72.1 Å². The summed E-state index contributed by atoms with van der Waals surface area (Å²) in [7, 11) is 7.88. The number of para-hydroxylation sites is 2. The van der Waals surface area contributed by atoms with Gasteiger partial charge in [-0.15, -0.1) is 0 Å². The zero-order valence-electron chi connectivity index (χ0n) is 23.3. The third-order valence-corrected chi connectivity index (χ3v) is 7.57. The first-order valence-electron chi connectivity index (χ1n) is 13.5. The molecule has 0 saturated heterocycles. The number of methoxy groups -OCH3 is 2. The molecule has 0 aliphatic heterocycles. The first-order chi connectivity index (χ1) is 17.6. The fourth-order valence-electron chi connectivity index (χ4n) is 5.40. The molecule has 0 N–H and O–H groups in total. The van der Waals surface area contributed by atoms with Crippen LogP contribution < -0.4 is 66.6 Å². The quantitative estimate of drug-likeness (QED) is 0.114. The average molecular weight is 741 g/mol. The molecule has 2 aromatic heterocycles. The van der Waals surface area contributed by atoms with Crippen LogP contribution in [0.4, 0.5) is 0 Å². The second-order valence-corrected chi connectivity index (χ2v) is 9.89. The van der Waals surface area contributed by atoms with Crippen molar-refractivity contribution in [1.82, 2.24) is 0 Å². The van der Waals surface area contributed by atoms with E-state index in [1.807, 2.05) is 0 Å². The first-order valence-corrected chi connectivity index (χ1v) is 13.5. The van der Waals surface area contributed by atoms with E-state index in [0.717, 1.165) is 24.3 Å². The molecular weight excluding hydrogens is 698 g/mol. The molecule has 0 radical (unpaired) electrons. The molecular formula is C32H42I2N2O2. The number of hydrogen-bond donors (Lipinski definition) is 0. The minimum atomic E-state index is 0. The Hall–Kier alpha value is -1.68. The number of nitrogens with zero attached hydrogens (tertiary/aromatic N) is 2. The van der Waals surface area contributed by atoms with E-state index < -0.39 is 0 Å². The van der Waals surface area contributed by atoms with Crippen LogP contribution in [0.15, 0.2) is 60.7 Å². The molecule has 0 amide bonds. The fourth-order valence-corrected chi connectivity index (χ4v) is 5.40. The molecule has 6 heteroatoms. The molecule has 4 aromatic rings. The monoisotopic (exact) mass is 740 g/mol. The highest BCUT2D eigenvalue weighted by Gasteiger charge is 2.17. The standard InChI is InChI=1S/C32H42N2O2.2HI/c1-33-25(23-31(35-3)27-19-13-15-21-29(27)33)17-11-9-7-5-6-8-10-12-18-26-24-32(36-4)28-20-14-16-22-30(28)34(26)2;;/h13-16,19-24H,5-12,17-18H2,1-4H3;2*1H/q+2;;/p-2. The van der Waals surface area contributed by atoms with Crippen molar-refractivity contribution in [2.24, 2.45) is 14.1 Å². The molecule has 2 heterocycles. The lowest BCUT2D eigenvalue weighted by Crippen LogP contribution is -3.00. The largest absolute Gasteiger partial charge is 1.00 e. The van der Waals surface area contributed by atoms with E-state index in [1.165, 1.54) is 84.6 Å². The van der Waals surface area contributed by atoms with Crippen LogP contribution in [0.1, 0.15) is 62.8 Å². The van der Waals surface area contributed by atoms with E-state index >= 15 is 0 Å². The topological polar surface area (TPSA) is 26.2 Å². The highest BCUT2D eigenvalue weighted by atomic mass is 127. The average Bonchev–Trinajstić information content (AvgIpc) is 2.92. The summed E-state index contributed by atoms with van der Waals surface area (Å²) in [6.45, 7) is 0. The van der Waals surface area contributed by atoms with Gasteiger partial charge in [0.2, 0.25) is 11.0 Å². The predicted octanol–water partition coefficient (Wildman–Crippen LogP) is 0.573. The van der Waals surface area contributed by atoms with Crippen LogP contribution in [-0.2, 0) is 26.9 Å². The number of pyridine rings is 2. The van der Waals surface area contributed by atoms with Crippen molar-refractivity contribution in [1.29, 1.82) is 0 Å². The normalized spacial score (nSPS) is 10.7. The third-order valence-electron chi connectivity index (χ3n) is 7.57. The van der Waals surface area contributed by atoms with Crippen molar-refractivity contribution in [2.75, 3.05) is 14.2 Å². The molecule has 0 aliphatic rings. The Balaban J connectivity index is 0.00000253. The van der Waals surface area contributed by atoms with Crippen LogP contribution in [-0.4, -0.2) is 14.2 Å². The number of ether oxygens (including phenoxy) is 2. The first kappa shape index (κ1) is 32.5. The smallest absolute Gasteiger partial charge is 0.216 e. The van der Waals surface area contributed by atoms with E-state index in [1.54, 1.807) is 14.2 Å². The Morgan fingerprint density at radius 2 is 0.868 bits per heavy atom. The van der Waals surface area contributed by atoms with Crippen molar-refractivity contribution in [3.63, 3.8) is 0 Å². The Kier molecular flexibility index (Phi) is 14.1. The van der Waals surface area contributed by atoms with Gasteiger partial charge in [0.05, 0.1) is 25.0 Å². The van der Waals surface area contributed by atoms with Crippen molar-refractivity contribution in [2.45, 2.75) is 64.2 Å². The van der Waals surface area contributed by atoms with E-state index in [0.29, 0.717) is 0 Å². The number of aromatic nitrogens is 2. The SMILES string of the molecule is COc1cc(CCCCCCCCCCc2cc(OC)c3ccccc3[n+]2C)[n+](C)c2ccccc12.[I-].[I-]. The van der Waals surface area contributed by atoms with Gasteiger partial charge in [0, 0.05) is 37.1 Å². The predicted molar refractivity (Wildman–Crippen MR) is 148 cm³/mol. The molecule has 0 fully saturated rings. The summed E-state index contributed by atoms with van der Waals surface area (Å²) in [6, 6.07) is 21.4. The van der Waals surface area contributed by atoms with Crippen LogP contribution in [0.25, 0.3) is 21.8 Å². The number of rotatable bonds is 13. The minimum Gasteiger partial charge on any atom is -1.00 e. The van der Waals surface area contributed by atoms with Crippen LogP contribution in [0.3, 0.4) is 0 Å². The van der Waals surface area contributed by atoms with Gasteiger partial charge in [-0.25, -0.2) is 0 Å². The minimum absolute atomic E-state index is 0. The van der Waals surface area contributed by atoms with Crippen LogP contribution in [0.2, 0.25) is 0 Å². The number of fused-ring (bicyclic) bond motifs is 2. The van der Waals surface area contributed by atoms with E-state index in [4.69, 9.17) is 9.47 Å². The number of unbranched alkanes of at least 4 members (excludes halogenated alkanes) is 7. The van der Waals surface area contributed by atoms with Gasteiger partial charge in [-0.1, -0.05) is 62.8 Å².